The number of carboxylic acid groups (broad SMARTS) is 1. The fourth-order valence-corrected chi connectivity index (χ4v) is 3.94. The maximum Gasteiger partial charge on any atom is 0.303 e. The van der Waals surface area contributed by atoms with Crippen molar-refractivity contribution in [2.24, 2.45) is 17.6 Å². The van der Waals surface area contributed by atoms with Crippen molar-refractivity contribution >= 4 is 24.2 Å². The summed E-state index contributed by atoms with van der Waals surface area (Å²) in [5, 5.41) is 8.63. The van der Waals surface area contributed by atoms with Gasteiger partial charge in [0.25, 0.3) is 0 Å². The van der Waals surface area contributed by atoms with Crippen LogP contribution < -0.4 is 5.73 Å². The number of rotatable bonds is 14. The Morgan fingerprint density at radius 3 is 2.52 bits per heavy atom. The largest absolute Gasteiger partial charge is 0.481 e. The lowest BCUT2D eigenvalue weighted by atomic mass is 9.85. The number of ketones is 1. The van der Waals surface area contributed by atoms with Crippen LogP contribution in [0, 0.1) is 11.8 Å². The number of hydrogen-bond donors (Lipinski definition) is 2. The smallest absolute Gasteiger partial charge is 0.303 e. The molecule has 0 bridgehead atoms. The van der Waals surface area contributed by atoms with Gasteiger partial charge in [0.05, 0.1) is 0 Å². The minimum Gasteiger partial charge on any atom is -0.481 e. The summed E-state index contributed by atoms with van der Waals surface area (Å²) >= 11 is 0. The number of unbranched alkanes of at least 4 members (excludes halogenated alkanes) is 5. The van der Waals surface area contributed by atoms with E-state index in [1.54, 1.807) is 0 Å². The summed E-state index contributed by atoms with van der Waals surface area (Å²) < 4.78 is 0. The summed E-state index contributed by atoms with van der Waals surface area (Å²) in [6.07, 6.45) is 13.8. The molecule has 0 heterocycles. The Labute approximate surface area is 159 Å². The summed E-state index contributed by atoms with van der Waals surface area (Å²) in [5.74, 6) is 0.516. The molecule has 1 saturated carbocycles. The number of halogens is 1. The van der Waals surface area contributed by atoms with E-state index in [1.165, 1.54) is 19.3 Å². The van der Waals surface area contributed by atoms with E-state index in [9.17, 15) is 9.59 Å². The van der Waals surface area contributed by atoms with Gasteiger partial charge >= 0.3 is 5.97 Å². The van der Waals surface area contributed by atoms with E-state index in [2.05, 4.69) is 6.92 Å². The van der Waals surface area contributed by atoms with Crippen molar-refractivity contribution in [3.63, 3.8) is 0 Å². The molecule has 0 aromatic heterocycles. The van der Waals surface area contributed by atoms with E-state index >= 15 is 0 Å². The number of carbonyl (C=O) groups excluding carboxylic acids is 1. The van der Waals surface area contributed by atoms with Gasteiger partial charge in [-0.2, -0.15) is 0 Å². The van der Waals surface area contributed by atoms with E-state index < -0.39 is 5.97 Å². The molecule has 0 radical (unpaired) electrons. The topological polar surface area (TPSA) is 80.4 Å². The zero-order chi connectivity index (χ0) is 17.8. The molecule has 0 aromatic rings. The van der Waals surface area contributed by atoms with E-state index in [0.717, 1.165) is 64.2 Å². The zero-order valence-electron chi connectivity index (χ0n) is 15.9. The molecule has 3 atom stereocenters. The molecule has 0 aliphatic heterocycles. The SMILES string of the molecule is CCCCCC(N)CC[C@H]1CCC(=O)[C@@H]1CCCCCCC(=O)O.Cl. The van der Waals surface area contributed by atoms with Gasteiger partial charge in [-0.05, 0) is 44.4 Å². The summed E-state index contributed by atoms with van der Waals surface area (Å²) in [4.78, 5) is 22.6. The first-order valence-corrected chi connectivity index (χ1v) is 10.0. The van der Waals surface area contributed by atoms with Gasteiger partial charge in [-0.15, -0.1) is 12.4 Å². The van der Waals surface area contributed by atoms with Gasteiger partial charge in [-0.25, -0.2) is 0 Å². The Kier molecular flexibility index (Phi) is 14.2. The second-order valence-corrected chi connectivity index (χ2v) is 7.55. The predicted octanol–water partition coefficient (Wildman–Crippen LogP) is 5.12. The minimum absolute atomic E-state index is 0. The lowest BCUT2D eigenvalue weighted by Crippen LogP contribution is -2.22. The first kappa shape index (κ1) is 24.4. The van der Waals surface area contributed by atoms with Crippen molar-refractivity contribution in [2.75, 3.05) is 0 Å². The molecule has 5 heteroatoms. The van der Waals surface area contributed by atoms with E-state index in [0.29, 0.717) is 17.7 Å². The molecular weight excluding hydrogens is 338 g/mol. The summed E-state index contributed by atoms with van der Waals surface area (Å²) in [7, 11) is 0. The highest BCUT2D eigenvalue weighted by Crippen LogP contribution is 2.36. The lowest BCUT2D eigenvalue weighted by Gasteiger charge is -2.20. The van der Waals surface area contributed by atoms with Gasteiger partial charge in [0.15, 0.2) is 0 Å². The van der Waals surface area contributed by atoms with Gasteiger partial charge in [0.2, 0.25) is 0 Å². The third-order valence-electron chi connectivity index (χ3n) is 5.49. The summed E-state index contributed by atoms with van der Waals surface area (Å²) in [6.45, 7) is 2.21. The zero-order valence-corrected chi connectivity index (χ0v) is 16.7. The molecule has 148 valence electrons. The van der Waals surface area contributed by atoms with Crippen LogP contribution in [-0.4, -0.2) is 22.9 Å². The molecule has 1 fully saturated rings. The number of carbonyl (C=O) groups is 2. The van der Waals surface area contributed by atoms with Crippen molar-refractivity contribution < 1.29 is 14.7 Å². The first-order chi connectivity index (χ1) is 11.5. The van der Waals surface area contributed by atoms with E-state index in [-0.39, 0.29) is 24.7 Å². The summed E-state index contributed by atoms with van der Waals surface area (Å²) in [5.41, 5.74) is 6.22. The van der Waals surface area contributed by atoms with Crippen LogP contribution in [-0.2, 0) is 9.59 Å². The van der Waals surface area contributed by atoms with Crippen molar-refractivity contribution in [1.82, 2.24) is 0 Å². The lowest BCUT2D eigenvalue weighted by molar-refractivity contribution is -0.137. The third-order valence-corrected chi connectivity index (χ3v) is 5.49. The number of hydrogen-bond acceptors (Lipinski definition) is 3. The molecular formula is C20H38ClNO3. The number of nitrogens with two attached hydrogens (primary N) is 1. The molecule has 25 heavy (non-hydrogen) atoms. The van der Waals surface area contributed by atoms with Crippen LogP contribution in [0.3, 0.4) is 0 Å². The molecule has 1 rings (SSSR count). The first-order valence-electron chi connectivity index (χ1n) is 10.0. The molecule has 3 N–H and O–H groups in total. The maximum absolute atomic E-state index is 12.1. The van der Waals surface area contributed by atoms with Crippen molar-refractivity contribution in [3.8, 4) is 0 Å². The fraction of sp³-hybridized carbons (Fsp3) is 0.900. The van der Waals surface area contributed by atoms with Gasteiger partial charge in [0, 0.05) is 24.8 Å². The molecule has 1 aliphatic rings. The highest BCUT2D eigenvalue weighted by Gasteiger charge is 2.33. The van der Waals surface area contributed by atoms with Crippen LogP contribution in [0.5, 0.6) is 0 Å². The van der Waals surface area contributed by atoms with Gasteiger partial charge in [-0.3, -0.25) is 9.59 Å². The standard InChI is InChI=1S/C20H37NO3.ClH/c1-2-3-6-9-17(21)14-12-16-13-15-19(22)18(16)10-7-4-5-8-11-20(23)24;/h16-18H,2-15,21H2,1H3,(H,23,24);1H/t16-,17?,18+;/m0./s1. The van der Waals surface area contributed by atoms with Gasteiger partial charge in [0.1, 0.15) is 5.78 Å². The fourth-order valence-electron chi connectivity index (χ4n) is 3.94. The van der Waals surface area contributed by atoms with Crippen LogP contribution in [0.4, 0.5) is 0 Å². The van der Waals surface area contributed by atoms with Crippen molar-refractivity contribution in [1.29, 1.82) is 0 Å². The minimum atomic E-state index is -0.712. The third kappa shape index (κ3) is 10.9. The Morgan fingerprint density at radius 2 is 1.84 bits per heavy atom. The van der Waals surface area contributed by atoms with Crippen LogP contribution in [0.2, 0.25) is 0 Å². The molecule has 4 nitrogen and oxygen atoms in total. The highest BCUT2D eigenvalue weighted by atomic mass is 35.5. The quantitative estimate of drug-likeness (QED) is 0.413. The van der Waals surface area contributed by atoms with Gasteiger partial charge in [-0.1, -0.05) is 45.4 Å². The average molecular weight is 376 g/mol. The average Bonchev–Trinajstić information content (AvgIpc) is 2.89. The maximum atomic E-state index is 12.1. The van der Waals surface area contributed by atoms with E-state index in [4.69, 9.17) is 10.8 Å². The Hall–Kier alpha value is -0.610. The monoisotopic (exact) mass is 375 g/mol. The molecule has 0 aromatic carbocycles. The summed E-state index contributed by atoms with van der Waals surface area (Å²) in [6, 6.07) is 0.295. The normalized spacial score (nSPS) is 21.1. The Bertz CT molecular complexity index is 376. The molecule has 1 aliphatic carbocycles. The van der Waals surface area contributed by atoms with Crippen LogP contribution in [0.15, 0.2) is 0 Å². The predicted molar refractivity (Wildman–Crippen MR) is 105 cm³/mol. The second kappa shape index (κ2) is 14.5. The molecule has 0 spiro atoms. The molecule has 0 saturated heterocycles. The highest BCUT2D eigenvalue weighted by molar-refractivity contribution is 5.85. The number of carboxylic acids is 1. The van der Waals surface area contributed by atoms with E-state index in [1.807, 2.05) is 0 Å². The van der Waals surface area contributed by atoms with Crippen LogP contribution in [0.1, 0.15) is 96.8 Å². The Balaban J connectivity index is 0.00000576. The number of aliphatic carboxylic acids is 1. The van der Waals surface area contributed by atoms with Crippen LogP contribution in [0.25, 0.3) is 0 Å². The van der Waals surface area contributed by atoms with Crippen LogP contribution >= 0.6 is 12.4 Å². The van der Waals surface area contributed by atoms with Gasteiger partial charge < -0.3 is 10.8 Å². The Morgan fingerprint density at radius 1 is 1.12 bits per heavy atom. The number of Topliss-reactive ketones (excluding diaryl/α,β-unsaturated/α-hetero) is 1. The second-order valence-electron chi connectivity index (χ2n) is 7.55. The van der Waals surface area contributed by atoms with Crippen molar-refractivity contribution in [3.05, 3.63) is 0 Å². The molecule has 1 unspecified atom stereocenters. The molecule has 0 amide bonds. The van der Waals surface area contributed by atoms with Crippen molar-refractivity contribution in [2.45, 2.75) is 103 Å².